The monoisotopic (exact) mass is 260 g/mol. The molecule has 0 radical (unpaired) electrons. The predicted molar refractivity (Wildman–Crippen MR) is 83.1 cm³/mol. The average molecular weight is 260 g/mol. The average Bonchev–Trinajstić information content (AvgIpc) is 2.26. The van der Waals surface area contributed by atoms with E-state index in [0.717, 1.165) is 6.42 Å². The lowest BCUT2D eigenvalue weighted by atomic mass is 9.72. The van der Waals surface area contributed by atoms with Gasteiger partial charge in [0.15, 0.2) is 0 Å². The summed E-state index contributed by atoms with van der Waals surface area (Å²) in [5.74, 6) is 0.264. The molecule has 19 heavy (non-hydrogen) atoms. The predicted octanol–water partition coefficient (Wildman–Crippen LogP) is 5.38. The van der Waals surface area contributed by atoms with E-state index in [0.29, 0.717) is 11.8 Å². The first-order valence-electron chi connectivity index (χ1n) is 7.37. The van der Waals surface area contributed by atoms with Crippen molar-refractivity contribution in [3.8, 4) is 0 Å². The molecule has 0 spiro atoms. The highest BCUT2D eigenvalue weighted by Crippen LogP contribution is 2.40. The molecule has 0 unspecified atom stereocenters. The molecule has 0 heterocycles. The van der Waals surface area contributed by atoms with Crippen molar-refractivity contribution in [2.45, 2.75) is 66.7 Å². The quantitative estimate of drug-likeness (QED) is 0.606. The SMILES string of the molecule is CC(=O)CCC=C(C)C=CC1=C(C)CCCC1(C)C. The number of carbonyl (C=O) groups excluding carboxylic acids is 1. The third-order valence-electron chi connectivity index (χ3n) is 4.02. The number of ketones is 1. The van der Waals surface area contributed by atoms with Crippen molar-refractivity contribution in [1.29, 1.82) is 0 Å². The van der Waals surface area contributed by atoms with Gasteiger partial charge in [0, 0.05) is 6.42 Å². The third-order valence-corrected chi connectivity index (χ3v) is 4.02. The van der Waals surface area contributed by atoms with Gasteiger partial charge in [-0.25, -0.2) is 0 Å². The molecule has 1 nitrogen and oxygen atoms in total. The van der Waals surface area contributed by atoms with Crippen LogP contribution in [0.3, 0.4) is 0 Å². The van der Waals surface area contributed by atoms with Crippen LogP contribution in [0.1, 0.15) is 66.7 Å². The zero-order valence-electron chi connectivity index (χ0n) is 13.2. The molecule has 0 aromatic rings. The lowest BCUT2D eigenvalue weighted by molar-refractivity contribution is -0.116. The lowest BCUT2D eigenvalue weighted by Gasteiger charge is -2.32. The van der Waals surface area contributed by atoms with Crippen molar-refractivity contribution >= 4 is 5.78 Å². The van der Waals surface area contributed by atoms with Gasteiger partial charge in [0.25, 0.3) is 0 Å². The summed E-state index contributed by atoms with van der Waals surface area (Å²) in [7, 11) is 0. The second-order valence-corrected chi connectivity index (χ2v) is 6.45. The topological polar surface area (TPSA) is 17.1 Å². The number of allylic oxidation sites excluding steroid dienone is 6. The lowest BCUT2D eigenvalue weighted by Crippen LogP contribution is -2.19. The maximum Gasteiger partial charge on any atom is 0.130 e. The Bertz CT molecular complexity index is 419. The second kappa shape index (κ2) is 6.88. The number of carbonyl (C=O) groups is 1. The molecule has 0 N–H and O–H groups in total. The third kappa shape index (κ3) is 5.18. The van der Waals surface area contributed by atoms with Crippen molar-refractivity contribution in [3.63, 3.8) is 0 Å². The maximum absolute atomic E-state index is 10.9. The van der Waals surface area contributed by atoms with E-state index in [4.69, 9.17) is 0 Å². The Kier molecular flexibility index (Phi) is 5.78. The maximum atomic E-state index is 10.9. The molecule has 1 aliphatic rings. The van der Waals surface area contributed by atoms with Crippen LogP contribution in [-0.2, 0) is 4.79 Å². The molecule has 1 rings (SSSR count). The molecule has 0 saturated carbocycles. The van der Waals surface area contributed by atoms with E-state index in [9.17, 15) is 4.79 Å². The van der Waals surface area contributed by atoms with E-state index in [1.807, 2.05) is 0 Å². The summed E-state index contributed by atoms with van der Waals surface area (Å²) in [5.41, 5.74) is 4.59. The Labute approximate surface area is 118 Å². The molecular weight excluding hydrogens is 232 g/mol. The first-order valence-corrected chi connectivity index (χ1v) is 7.37. The summed E-state index contributed by atoms with van der Waals surface area (Å²) in [6.07, 6.45) is 12.0. The van der Waals surface area contributed by atoms with Crippen LogP contribution in [0.15, 0.2) is 34.9 Å². The fourth-order valence-electron chi connectivity index (χ4n) is 2.80. The fourth-order valence-corrected chi connectivity index (χ4v) is 2.80. The second-order valence-electron chi connectivity index (χ2n) is 6.45. The van der Waals surface area contributed by atoms with Crippen LogP contribution in [0.2, 0.25) is 0 Å². The zero-order chi connectivity index (χ0) is 14.5. The van der Waals surface area contributed by atoms with E-state index in [1.54, 1.807) is 6.92 Å². The highest BCUT2D eigenvalue weighted by Gasteiger charge is 2.26. The first kappa shape index (κ1) is 15.9. The van der Waals surface area contributed by atoms with Crippen molar-refractivity contribution in [3.05, 3.63) is 34.9 Å². The van der Waals surface area contributed by atoms with Crippen LogP contribution in [0, 0.1) is 5.41 Å². The Morgan fingerprint density at radius 3 is 2.58 bits per heavy atom. The summed E-state index contributed by atoms with van der Waals surface area (Å²) in [6.45, 7) is 10.7. The summed E-state index contributed by atoms with van der Waals surface area (Å²) in [6, 6.07) is 0. The highest BCUT2D eigenvalue weighted by molar-refractivity contribution is 5.75. The van der Waals surface area contributed by atoms with E-state index in [-0.39, 0.29) is 5.78 Å². The van der Waals surface area contributed by atoms with Crippen molar-refractivity contribution < 1.29 is 4.79 Å². The Morgan fingerprint density at radius 1 is 1.32 bits per heavy atom. The minimum absolute atomic E-state index is 0.264. The van der Waals surface area contributed by atoms with E-state index < -0.39 is 0 Å². The van der Waals surface area contributed by atoms with Crippen LogP contribution in [-0.4, -0.2) is 5.78 Å². The van der Waals surface area contributed by atoms with E-state index in [1.165, 1.54) is 36.0 Å². The molecule has 0 fully saturated rings. The smallest absolute Gasteiger partial charge is 0.130 e. The molecule has 0 saturated heterocycles. The number of Topliss-reactive ketones (excluding diaryl/α,β-unsaturated/α-hetero) is 1. The van der Waals surface area contributed by atoms with Gasteiger partial charge < -0.3 is 4.79 Å². The number of hydrogen-bond acceptors (Lipinski definition) is 1. The standard InChI is InChI=1S/C18H28O/c1-14(8-6-10-16(3)19)11-12-17-15(2)9-7-13-18(17,4)5/h8,11-12H,6-7,9-10,13H2,1-5H3. The van der Waals surface area contributed by atoms with Crippen LogP contribution >= 0.6 is 0 Å². The summed E-state index contributed by atoms with van der Waals surface area (Å²) >= 11 is 0. The van der Waals surface area contributed by atoms with Crippen LogP contribution < -0.4 is 0 Å². The minimum Gasteiger partial charge on any atom is -0.300 e. The Balaban J connectivity index is 2.71. The van der Waals surface area contributed by atoms with Gasteiger partial charge in [-0.2, -0.15) is 0 Å². The van der Waals surface area contributed by atoms with Crippen LogP contribution in [0.5, 0.6) is 0 Å². The summed E-state index contributed by atoms with van der Waals surface area (Å²) in [4.78, 5) is 10.9. The molecule has 106 valence electrons. The van der Waals surface area contributed by atoms with Crippen molar-refractivity contribution in [2.24, 2.45) is 5.41 Å². The molecule has 0 atom stereocenters. The van der Waals surface area contributed by atoms with Crippen LogP contribution in [0.4, 0.5) is 0 Å². The van der Waals surface area contributed by atoms with Gasteiger partial charge in [-0.3, -0.25) is 0 Å². The van der Waals surface area contributed by atoms with Gasteiger partial charge in [0.1, 0.15) is 5.78 Å². The van der Waals surface area contributed by atoms with Gasteiger partial charge in [-0.1, -0.05) is 43.2 Å². The van der Waals surface area contributed by atoms with Crippen molar-refractivity contribution in [2.75, 3.05) is 0 Å². The number of hydrogen-bond donors (Lipinski definition) is 0. The molecule has 0 aromatic carbocycles. The van der Waals surface area contributed by atoms with Gasteiger partial charge >= 0.3 is 0 Å². The van der Waals surface area contributed by atoms with E-state index >= 15 is 0 Å². The zero-order valence-corrected chi connectivity index (χ0v) is 13.2. The molecule has 0 amide bonds. The molecule has 1 aliphatic carbocycles. The molecular formula is C18H28O. The van der Waals surface area contributed by atoms with Gasteiger partial charge in [-0.15, -0.1) is 0 Å². The van der Waals surface area contributed by atoms with Crippen molar-refractivity contribution in [1.82, 2.24) is 0 Å². The summed E-state index contributed by atoms with van der Waals surface area (Å²) in [5, 5.41) is 0. The fraction of sp³-hybridized carbons (Fsp3) is 0.611. The molecule has 0 aliphatic heterocycles. The summed E-state index contributed by atoms with van der Waals surface area (Å²) < 4.78 is 0. The largest absolute Gasteiger partial charge is 0.300 e. The Hall–Kier alpha value is -1.11. The van der Waals surface area contributed by atoms with Crippen LogP contribution in [0.25, 0.3) is 0 Å². The first-order chi connectivity index (χ1) is 8.83. The minimum atomic E-state index is 0.264. The molecule has 0 aromatic heterocycles. The normalized spacial score (nSPS) is 20.2. The molecule has 0 bridgehead atoms. The molecule has 1 heteroatoms. The Morgan fingerprint density at radius 2 is 2.00 bits per heavy atom. The van der Waals surface area contributed by atoms with Gasteiger partial charge in [-0.05, 0) is 57.4 Å². The van der Waals surface area contributed by atoms with Gasteiger partial charge in [0.05, 0.1) is 0 Å². The van der Waals surface area contributed by atoms with E-state index in [2.05, 4.69) is 45.9 Å². The number of rotatable bonds is 5. The highest BCUT2D eigenvalue weighted by atomic mass is 16.1. The van der Waals surface area contributed by atoms with Gasteiger partial charge in [0.2, 0.25) is 0 Å².